The Balaban J connectivity index is 1.21. The number of benzene rings is 2. The molecule has 4 aromatic rings. The van der Waals surface area contributed by atoms with Gasteiger partial charge in [0.25, 0.3) is 0 Å². The van der Waals surface area contributed by atoms with Crippen LogP contribution in [0.15, 0.2) is 47.5 Å². The van der Waals surface area contributed by atoms with Gasteiger partial charge >= 0.3 is 0 Å². The fraction of sp³-hybridized carbons (Fsp3) is 0.324. The summed E-state index contributed by atoms with van der Waals surface area (Å²) in [5.74, 6) is 6.73. The van der Waals surface area contributed by atoms with Gasteiger partial charge in [0.15, 0.2) is 5.82 Å². The number of anilines is 1. The monoisotopic (exact) mass is 657 g/mol. The van der Waals surface area contributed by atoms with Gasteiger partial charge < -0.3 is 21.5 Å². The number of hydrogen-bond acceptors (Lipinski definition) is 8. The number of fused-ring (bicyclic) bond motifs is 3. The topological polar surface area (TPSA) is 148 Å². The van der Waals surface area contributed by atoms with Gasteiger partial charge in [-0.2, -0.15) is 0 Å². The molecule has 238 valence electrons. The molecule has 3 heterocycles. The van der Waals surface area contributed by atoms with Crippen LogP contribution in [0.5, 0.6) is 0 Å². The first-order valence-corrected chi connectivity index (χ1v) is 16.2. The number of nitrogens with zero attached hydrogens (tertiary/aromatic N) is 4. The number of aryl methyl sites for hydroxylation is 2. The number of rotatable bonds is 10. The van der Waals surface area contributed by atoms with Crippen LogP contribution in [-0.4, -0.2) is 50.5 Å². The highest BCUT2D eigenvalue weighted by Crippen LogP contribution is 2.39. The third kappa shape index (κ3) is 7.37. The zero-order valence-corrected chi connectivity index (χ0v) is 27.6. The van der Waals surface area contributed by atoms with Gasteiger partial charge in [0.05, 0.1) is 25.3 Å². The SMILES string of the molecule is Cc1sc2c(c1C)C(c1ccc(Cl)cc1)=N[C@@H](CC(=O)NCCCCC(=O)Nc1ccc(C#CCN)c(CO)c1)c1nnc(C)n1-2. The van der Waals surface area contributed by atoms with E-state index in [0.717, 1.165) is 33.2 Å². The predicted molar refractivity (Wildman–Crippen MR) is 182 cm³/mol. The lowest BCUT2D eigenvalue weighted by atomic mass is 9.99. The molecule has 0 aliphatic carbocycles. The van der Waals surface area contributed by atoms with Gasteiger partial charge in [0.2, 0.25) is 11.8 Å². The summed E-state index contributed by atoms with van der Waals surface area (Å²) in [5, 5.41) is 25.9. The minimum Gasteiger partial charge on any atom is -0.392 e. The van der Waals surface area contributed by atoms with Crippen molar-refractivity contribution in [2.24, 2.45) is 10.7 Å². The quantitative estimate of drug-likeness (QED) is 0.141. The summed E-state index contributed by atoms with van der Waals surface area (Å²) in [5.41, 5.74) is 11.2. The second-order valence-corrected chi connectivity index (χ2v) is 12.6. The summed E-state index contributed by atoms with van der Waals surface area (Å²) in [6.07, 6.45) is 1.61. The fourth-order valence-corrected chi connectivity index (χ4v) is 6.65. The van der Waals surface area contributed by atoms with Crippen molar-refractivity contribution in [3.05, 3.63) is 91.8 Å². The number of thiophene rings is 1. The summed E-state index contributed by atoms with van der Waals surface area (Å²) in [6.45, 7) is 6.54. The lowest BCUT2D eigenvalue weighted by Gasteiger charge is -2.13. The maximum absolute atomic E-state index is 13.2. The molecule has 0 fully saturated rings. The molecular weight excluding hydrogens is 622 g/mol. The molecule has 5 N–H and O–H groups in total. The average Bonchev–Trinajstić information content (AvgIpc) is 3.52. The first-order chi connectivity index (χ1) is 22.2. The minimum absolute atomic E-state index is 0.0987. The average molecular weight is 658 g/mol. The van der Waals surface area contributed by atoms with E-state index in [1.54, 1.807) is 29.5 Å². The molecule has 0 saturated heterocycles. The zero-order valence-electron chi connectivity index (χ0n) is 26.0. The second kappa shape index (κ2) is 14.8. The van der Waals surface area contributed by atoms with E-state index in [2.05, 4.69) is 46.5 Å². The Bertz CT molecular complexity index is 1850. The van der Waals surface area contributed by atoms with Crippen LogP contribution in [-0.2, 0) is 16.2 Å². The first kappa shape index (κ1) is 33.0. The van der Waals surface area contributed by atoms with Crippen LogP contribution in [0.2, 0.25) is 5.02 Å². The van der Waals surface area contributed by atoms with Crippen molar-refractivity contribution in [2.75, 3.05) is 18.4 Å². The molecule has 0 radical (unpaired) electrons. The van der Waals surface area contributed by atoms with Gasteiger partial charge in [-0.1, -0.05) is 35.6 Å². The molecular formula is C34H36ClN7O3S. The molecule has 12 heteroatoms. The highest BCUT2D eigenvalue weighted by molar-refractivity contribution is 7.15. The van der Waals surface area contributed by atoms with Gasteiger partial charge in [-0.15, -0.1) is 21.5 Å². The number of aliphatic hydroxyl groups is 1. The zero-order chi connectivity index (χ0) is 32.8. The molecule has 0 bridgehead atoms. The van der Waals surface area contributed by atoms with Crippen LogP contribution >= 0.6 is 22.9 Å². The summed E-state index contributed by atoms with van der Waals surface area (Å²) >= 11 is 7.86. The predicted octanol–water partition coefficient (Wildman–Crippen LogP) is 4.92. The van der Waals surface area contributed by atoms with Gasteiger partial charge in [-0.3, -0.25) is 19.1 Å². The highest BCUT2D eigenvalue weighted by atomic mass is 35.5. The molecule has 10 nitrogen and oxygen atoms in total. The summed E-state index contributed by atoms with van der Waals surface area (Å²) in [6, 6.07) is 12.2. The fourth-order valence-electron chi connectivity index (χ4n) is 5.31. The van der Waals surface area contributed by atoms with Gasteiger partial charge in [-0.25, -0.2) is 0 Å². The van der Waals surface area contributed by atoms with Crippen LogP contribution in [0.25, 0.3) is 5.00 Å². The van der Waals surface area contributed by atoms with Crippen LogP contribution < -0.4 is 16.4 Å². The van der Waals surface area contributed by atoms with Crippen LogP contribution in [0, 0.1) is 32.6 Å². The molecule has 1 atom stereocenters. The molecule has 0 spiro atoms. The Morgan fingerprint density at radius 2 is 1.87 bits per heavy atom. The maximum atomic E-state index is 13.2. The summed E-state index contributed by atoms with van der Waals surface area (Å²) < 4.78 is 2.02. The third-order valence-corrected chi connectivity index (χ3v) is 9.22. The number of aliphatic imine (C=N–C) groups is 1. The Morgan fingerprint density at radius 1 is 1.09 bits per heavy atom. The van der Waals surface area contributed by atoms with Crippen LogP contribution in [0.4, 0.5) is 5.69 Å². The van der Waals surface area contributed by atoms with Crippen molar-refractivity contribution >= 4 is 46.2 Å². The number of nitrogens with two attached hydrogens (primary N) is 1. The number of carbonyl (C=O) groups excluding carboxylic acids is 2. The molecule has 46 heavy (non-hydrogen) atoms. The Hall–Kier alpha value is -4.34. The van der Waals surface area contributed by atoms with Crippen molar-refractivity contribution in [3.8, 4) is 16.8 Å². The number of nitrogens with one attached hydrogen (secondary N) is 2. The summed E-state index contributed by atoms with van der Waals surface area (Å²) in [4.78, 5) is 32.0. The number of amides is 2. The largest absolute Gasteiger partial charge is 0.392 e. The molecule has 2 aromatic carbocycles. The third-order valence-electron chi connectivity index (χ3n) is 7.77. The number of hydrogen-bond donors (Lipinski definition) is 4. The van der Waals surface area contributed by atoms with E-state index >= 15 is 0 Å². The molecule has 2 amide bonds. The molecule has 0 saturated carbocycles. The standard InChI is InChI=1S/C34H36ClN7O3S/c1-20-21(2)46-34-31(20)32(24-9-12-26(35)13-10-24)39-28(33-41-40-22(3)42(33)34)18-30(45)37-16-5-4-8-29(44)38-27-14-11-23(7-6-15-36)25(17-27)19-43/h9-14,17,28,43H,4-5,8,15-16,18-19,36H2,1-3H3,(H,37,45)(H,38,44)/t28-/m0/s1. The van der Waals surface area contributed by atoms with Crippen molar-refractivity contribution in [1.29, 1.82) is 0 Å². The number of aliphatic hydroxyl groups excluding tert-OH is 1. The van der Waals surface area contributed by atoms with Crippen LogP contribution in [0.1, 0.15) is 76.1 Å². The number of aromatic nitrogens is 3. The molecule has 2 aromatic heterocycles. The smallest absolute Gasteiger partial charge is 0.224 e. The van der Waals surface area contributed by atoms with Crippen molar-refractivity contribution < 1.29 is 14.7 Å². The lowest BCUT2D eigenvalue weighted by molar-refractivity contribution is -0.121. The lowest BCUT2D eigenvalue weighted by Crippen LogP contribution is -2.26. The Labute approximate surface area is 277 Å². The van der Waals surface area contributed by atoms with E-state index < -0.39 is 6.04 Å². The van der Waals surface area contributed by atoms with Crippen molar-refractivity contribution in [2.45, 2.75) is 59.1 Å². The molecule has 1 aliphatic rings. The molecule has 1 aliphatic heterocycles. The number of unbranched alkanes of at least 4 members (excludes halogenated alkanes) is 1. The Morgan fingerprint density at radius 3 is 2.61 bits per heavy atom. The van der Waals surface area contributed by atoms with E-state index in [1.165, 1.54) is 4.88 Å². The normalized spacial score (nSPS) is 13.5. The van der Waals surface area contributed by atoms with Gasteiger partial charge in [-0.05, 0) is 75.1 Å². The van der Waals surface area contributed by atoms with Crippen LogP contribution in [0.3, 0.4) is 0 Å². The van der Waals surface area contributed by atoms with E-state index in [0.29, 0.717) is 53.5 Å². The second-order valence-electron chi connectivity index (χ2n) is 11.0. The van der Waals surface area contributed by atoms with E-state index in [-0.39, 0.29) is 31.4 Å². The Kier molecular flexibility index (Phi) is 10.7. The van der Waals surface area contributed by atoms with Gasteiger partial charge in [0.1, 0.15) is 16.9 Å². The van der Waals surface area contributed by atoms with Crippen molar-refractivity contribution in [3.63, 3.8) is 0 Å². The van der Waals surface area contributed by atoms with E-state index in [9.17, 15) is 14.7 Å². The van der Waals surface area contributed by atoms with Crippen molar-refractivity contribution in [1.82, 2.24) is 20.1 Å². The maximum Gasteiger partial charge on any atom is 0.224 e. The van der Waals surface area contributed by atoms with Gasteiger partial charge in [0, 0.05) is 45.2 Å². The molecule has 5 rings (SSSR count). The first-order valence-electron chi connectivity index (χ1n) is 15.1. The number of carbonyl (C=O) groups is 2. The van der Waals surface area contributed by atoms with E-state index in [4.69, 9.17) is 22.3 Å². The molecule has 0 unspecified atom stereocenters. The minimum atomic E-state index is -0.548. The highest BCUT2D eigenvalue weighted by Gasteiger charge is 2.32. The van der Waals surface area contributed by atoms with E-state index in [1.807, 2.05) is 35.8 Å². The summed E-state index contributed by atoms with van der Waals surface area (Å²) in [7, 11) is 0. The number of halogens is 1.